The molecule has 0 radical (unpaired) electrons. The van der Waals surface area contributed by atoms with Crippen LogP contribution in [0.4, 0.5) is 0 Å². The standard InChI is InChI=1S/C12H15NO6S/c1-8(12(16)19-2)20(17,18)13-10(11(14)15)9-6-4-3-5-7-9/h3-8,10,13H,1-2H3,(H,14,15)/t8?,10-/m1/s1. The first-order chi connectivity index (χ1) is 9.29. The molecule has 1 unspecified atom stereocenters. The third-order valence-electron chi connectivity index (χ3n) is 2.66. The van der Waals surface area contributed by atoms with Crippen molar-refractivity contribution in [3.63, 3.8) is 0 Å². The summed E-state index contributed by atoms with van der Waals surface area (Å²) in [7, 11) is -3.11. The first kappa shape index (κ1) is 16.1. The molecule has 1 rings (SSSR count). The number of carboxylic acids is 1. The van der Waals surface area contributed by atoms with Crippen LogP contribution in [0, 0.1) is 0 Å². The summed E-state index contributed by atoms with van der Waals surface area (Å²) in [4.78, 5) is 22.5. The Morgan fingerprint density at radius 2 is 1.80 bits per heavy atom. The fourth-order valence-electron chi connectivity index (χ4n) is 1.47. The minimum Gasteiger partial charge on any atom is -0.480 e. The number of benzene rings is 1. The average Bonchev–Trinajstić information content (AvgIpc) is 2.43. The van der Waals surface area contributed by atoms with Crippen LogP contribution in [0.3, 0.4) is 0 Å². The number of nitrogens with one attached hydrogen (secondary N) is 1. The predicted molar refractivity (Wildman–Crippen MR) is 70.4 cm³/mol. The quantitative estimate of drug-likeness (QED) is 0.731. The molecule has 0 heterocycles. The maximum absolute atomic E-state index is 11.9. The molecule has 8 heteroatoms. The molecule has 2 N–H and O–H groups in total. The van der Waals surface area contributed by atoms with E-state index in [1.54, 1.807) is 18.2 Å². The number of methoxy groups -OCH3 is 1. The van der Waals surface area contributed by atoms with E-state index in [0.29, 0.717) is 0 Å². The third kappa shape index (κ3) is 3.78. The third-order valence-corrected chi connectivity index (χ3v) is 4.35. The van der Waals surface area contributed by atoms with Crippen molar-refractivity contribution in [2.45, 2.75) is 18.2 Å². The number of esters is 1. The number of hydrogen-bond acceptors (Lipinski definition) is 5. The lowest BCUT2D eigenvalue weighted by molar-refractivity contribution is -0.141. The highest BCUT2D eigenvalue weighted by atomic mass is 32.2. The fourth-order valence-corrected chi connectivity index (χ4v) is 2.58. The fraction of sp³-hybridized carbons (Fsp3) is 0.333. The van der Waals surface area contributed by atoms with Crippen LogP contribution in [0.25, 0.3) is 0 Å². The summed E-state index contributed by atoms with van der Waals surface area (Å²) in [5.74, 6) is -2.33. The van der Waals surface area contributed by atoms with Crippen LogP contribution in [0.15, 0.2) is 30.3 Å². The summed E-state index contributed by atoms with van der Waals surface area (Å²) in [5, 5.41) is 7.62. The molecule has 2 atom stereocenters. The Hall–Kier alpha value is -1.93. The molecule has 0 saturated carbocycles. The summed E-state index contributed by atoms with van der Waals surface area (Å²) in [6.07, 6.45) is 0. The molecule has 110 valence electrons. The van der Waals surface area contributed by atoms with Crippen molar-refractivity contribution < 1.29 is 27.9 Å². The molecule has 0 bridgehead atoms. The molecule has 20 heavy (non-hydrogen) atoms. The average molecular weight is 301 g/mol. The van der Waals surface area contributed by atoms with Crippen molar-refractivity contribution in [1.29, 1.82) is 0 Å². The van der Waals surface area contributed by atoms with Gasteiger partial charge in [0.2, 0.25) is 10.0 Å². The van der Waals surface area contributed by atoms with Gasteiger partial charge >= 0.3 is 11.9 Å². The lowest BCUT2D eigenvalue weighted by atomic mass is 10.1. The highest BCUT2D eigenvalue weighted by Crippen LogP contribution is 2.15. The van der Waals surface area contributed by atoms with Crippen LogP contribution in [0.1, 0.15) is 18.5 Å². The zero-order chi connectivity index (χ0) is 15.3. The normalized spacial score (nSPS) is 14.3. The van der Waals surface area contributed by atoms with E-state index < -0.39 is 33.3 Å². The summed E-state index contributed by atoms with van der Waals surface area (Å²) < 4.78 is 30.2. The second kappa shape index (κ2) is 6.49. The molecule has 0 amide bonds. The van der Waals surface area contributed by atoms with E-state index in [-0.39, 0.29) is 5.56 Å². The van der Waals surface area contributed by atoms with Gasteiger partial charge in [-0.15, -0.1) is 0 Å². The van der Waals surface area contributed by atoms with Gasteiger partial charge in [-0.3, -0.25) is 9.59 Å². The minimum absolute atomic E-state index is 0.264. The van der Waals surface area contributed by atoms with Gasteiger partial charge in [0.15, 0.2) is 5.25 Å². The van der Waals surface area contributed by atoms with Gasteiger partial charge in [-0.05, 0) is 12.5 Å². The van der Waals surface area contributed by atoms with E-state index in [1.807, 2.05) is 4.72 Å². The van der Waals surface area contributed by atoms with Gasteiger partial charge in [-0.1, -0.05) is 30.3 Å². The van der Waals surface area contributed by atoms with Crippen molar-refractivity contribution in [3.05, 3.63) is 35.9 Å². The van der Waals surface area contributed by atoms with E-state index in [1.165, 1.54) is 12.1 Å². The molecule has 7 nitrogen and oxygen atoms in total. The summed E-state index contributed by atoms with van der Waals surface area (Å²) in [6, 6.07) is 6.34. The molecule has 0 aliphatic heterocycles. The predicted octanol–water partition coefficient (Wildman–Crippen LogP) is 0.293. The molecule has 1 aromatic carbocycles. The zero-order valence-corrected chi connectivity index (χ0v) is 11.8. The first-order valence-corrected chi connectivity index (χ1v) is 7.21. The second-order valence-electron chi connectivity index (χ2n) is 4.01. The maximum Gasteiger partial charge on any atom is 0.326 e. The number of aliphatic carboxylic acids is 1. The zero-order valence-electron chi connectivity index (χ0n) is 10.9. The number of hydrogen-bond donors (Lipinski definition) is 2. The number of rotatable bonds is 6. The van der Waals surface area contributed by atoms with Crippen LogP contribution in [-0.4, -0.2) is 37.8 Å². The Labute approximate surface area is 116 Å². The smallest absolute Gasteiger partial charge is 0.326 e. The molecular weight excluding hydrogens is 286 g/mol. The van der Waals surface area contributed by atoms with Gasteiger partial charge in [-0.25, -0.2) is 8.42 Å². The van der Waals surface area contributed by atoms with Gasteiger partial charge in [0.25, 0.3) is 0 Å². The molecule has 0 spiro atoms. The number of sulfonamides is 1. The summed E-state index contributed by atoms with van der Waals surface area (Å²) in [6.45, 7) is 1.12. The van der Waals surface area contributed by atoms with E-state index in [4.69, 9.17) is 5.11 Å². The number of ether oxygens (including phenoxy) is 1. The van der Waals surface area contributed by atoms with Gasteiger partial charge in [0.1, 0.15) is 6.04 Å². The molecule has 0 saturated heterocycles. The lowest BCUT2D eigenvalue weighted by Gasteiger charge is -2.17. The van der Waals surface area contributed by atoms with E-state index >= 15 is 0 Å². The molecule has 1 aromatic rings. The molecule has 0 fully saturated rings. The molecular formula is C12H15NO6S. The SMILES string of the molecule is COC(=O)C(C)S(=O)(=O)N[C@@H](C(=O)O)c1ccccc1. The van der Waals surface area contributed by atoms with Crippen LogP contribution < -0.4 is 4.72 Å². The molecule has 0 aliphatic rings. The van der Waals surface area contributed by atoms with Gasteiger partial charge in [0.05, 0.1) is 7.11 Å². The first-order valence-electron chi connectivity index (χ1n) is 5.66. The highest BCUT2D eigenvalue weighted by Gasteiger charge is 2.33. The van der Waals surface area contributed by atoms with Gasteiger partial charge in [0, 0.05) is 0 Å². The number of carboxylic acid groups (broad SMARTS) is 1. The Morgan fingerprint density at radius 1 is 1.25 bits per heavy atom. The highest BCUT2D eigenvalue weighted by molar-refractivity contribution is 7.90. The lowest BCUT2D eigenvalue weighted by Crippen LogP contribution is -2.42. The Morgan fingerprint density at radius 3 is 2.25 bits per heavy atom. The Kier molecular flexibility index (Phi) is 5.23. The Bertz CT molecular complexity index is 583. The van der Waals surface area contributed by atoms with E-state index in [2.05, 4.69) is 4.74 Å². The number of carbonyl (C=O) groups is 2. The minimum atomic E-state index is -4.17. The van der Waals surface area contributed by atoms with Crippen molar-refractivity contribution in [3.8, 4) is 0 Å². The van der Waals surface area contributed by atoms with Crippen molar-refractivity contribution >= 4 is 22.0 Å². The van der Waals surface area contributed by atoms with E-state index in [9.17, 15) is 18.0 Å². The molecule has 0 aromatic heterocycles. The largest absolute Gasteiger partial charge is 0.480 e. The Balaban J connectivity index is 3.03. The van der Waals surface area contributed by atoms with Crippen molar-refractivity contribution in [1.82, 2.24) is 4.72 Å². The van der Waals surface area contributed by atoms with Crippen LogP contribution in [-0.2, 0) is 24.3 Å². The summed E-state index contributed by atoms with van der Waals surface area (Å²) in [5.41, 5.74) is 0.264. The van der Waals surface area contributed by atoms with E-state index in [0.717, 1.165) is 14.0 Å². The van der Waals surface area contributed by atoms with Gasteiger partial charge < -0.3 is 9.84 Å². The van der Waals surface area contributed by atoms with Crippen LogP contribution in [0.5, 0.6) is 0 Å². The summed E-state index contributed by atoms with van der Waals surface area (Å²) >= 11 is 0. The number of carbonyl (C=O) groups excluding carboxylic acids is 1. The topological polar surface area (TPSA) is 110 Å². The monoisotopic (exact) mass is 301 g/mol. The van der Waals surface area contributed by atoms with Crippen molar-refractivity contribution in [2.24, 2.45) is 0 Å². The maximum atomic E-state index is 11.9. The van der Waals surface area contributed by atoms with Gasteiger partial charge in [-0.2, -0.15) is 4.72 Å². The van der Waals surface area contributed by atoms with Crippen LogP contribution >= 0.6 is 0 Å². The molecule has 0 aliphatic carbocycles. The van der Waals surface area contributed by atoms with Crippen molar-refractivity contribution in [2.75, 3.05) is 7.11 Å². The second-order valence-corrected chi connectivity index (χ2v) is 6.04. The van der Waals surface area contributed by atoms with Crippen LogP contribution in [0.2, 0.25) is 0 Å².